The lowest BCUT2D eigenvalue weighted by atomic mass is 10.2. The van der Waals surface area contributed by atoms with E-state index in [0.717, 1.165) is 13.2 Å². The van der Waals surface area contributed by atoms with Crippen molar-refractivity contribution in [3.05, 3.63) is 34.9 Å². The maximum Gasteiger partial charge on any atom is 0.228 e. The minimum atomic E-state index is -0.470. The van der Waals surface area contributed by atoms with Gasteiger partial charge in [0.05, 0.1) is 18.2 Å². The van der Waals surface area contributed by atoms with Crippen molar-refractivity contribution in [1.82, 2.24) is 15.5 Å². The van der Waals surface area contributed by atoms with Crippen molar-refractivity contribution in [2.45, 2.75) is 12.5 Å². The molecule has 7 heteroatoms. The molecule has 1 aromatic carbocycles. The van der Waals surface area contributed by atoms with E-state index in [2.05, 4.69) is 15.5 Å². The van der Waals surface area contributed by atoms with Gasteiger partial charge < -0.3 is 14.6 Å². The predicted octanol–water partition coefficient (Wildman–Crippen LogP) is 2.06. The smallest absolute Gasteiger partial charge is 0.228 e. The van der Waals surface area contributed by atoms with Crippen LogP contribution in [0.5, 0.6) is 0 Å². The van der Waals surface area contributed by atoms with E-state index in [0.29, 0.717) is 30.3 Å². The largest absolute Gasteiger partial charge is 0.378 e. The molecule has 0 aliphatic carbocycles. The van der Waals surface area contributed by atoms with E-state index >= 15 is 0 Å². The van der Waals surface area contributed by atoms with Gasteiger partial charge in [-0.05, 0) is 18.2 Å². The number of morpholine rings is 1. The summed E-state index contributed by atoms with van der Waals surface area (Å²) in [5, 5.41) is 7.23. The number of rotatable bonds is 3. The molecule has 1 fully saturated rings. The van der Waals surface area contributed by atoms with Crippen molar-refractivity contribution in [2.24, 2.45) is 0 Å². The van der Waals surface area contributed by atoms with Gasteiger partial charge in [-0.1, -0.05) is 16.8 Å². The van der Waals surface area contributed by atoms with Gasteiger partial charge in [-0.25, -0.2) is 4.39 Å². The van der Waals surface area contributed by atoms with E-state index in [1.165, 1.54) is 12.1 Å². The van der Waals surface area contributed by atoms with Crippen molar-refractivity contribution in [1.29, 1.82) is 0 Å². The van der Waals surface area contributed by atoms with E-state index in [1.807, 2.05) is 0 Å². The molecule has 1 aliphatic rings. The molecule has 1 atom stereocenters. The number of halogens is 2. The molecule has 1 saturated heterocycles. The molecule has 1 N–H and O–H groups in total. The van der Waals surface area contributed by atoms with Gasteiger partial charge in [-0.3, -0.25) is 0 Å². The second-order valence-corrected chi connectivity index (χ2v) is 4.98. The standard InChI is InChI=1S/C13H13ClFN3O2/c14-10-5-8(1-2-11(10)15)13-17-12(20-18-13)6-9-7-19-4-3-16-9/h1-2,5,9,16H,3-4,6-7H2. The Bertz CT molecular complexity index is 599. The molecule has 1 unspecified atom stereocenters. The Morgan fingerprint density at radius 2 is 2.35 bits per heavy atom. The Morgan fingerprint density at radius 3 is 3.10 bits per heavy atom. The number of aromatic nitrogens is 2. The fraction of sp³-hybridized carbons (Fsp3) is 0.385. The molecule has 0 saturated carbocycles. The maximum atomic E-state index is 13.1. The Hall–Kier alpha value is -1.50. The summed E-state index contributed by atoms with van der Waals surface area (Å²) < 4.78 is 23.7. The zero-order chi connectivity index (χ0) is 13.9. The molecule has 1 aliphatic heterocycles. The molecule has 0 bridgehead atoms. The van der Waals surface area contributed by atoms with Crippen LogP contribution in [0.15, 0.2) is 22.7 Å². The third-order valence-electron chi connectivity index (χ3n) is 3.07. The number of nitrogens with zero attached hydrogens (tertiary/aromatic N) is 2. The molecule has 0 amide bonds. The van der Waals surface area contributed by atoms with Crippen LogP contribution < -0.4 is 5.32 Å². The minimum absolute atomic E-state index is 0.0381. The van der Waals surface area contributed by atoms with E-state index in [1.54, 1.807) is 6.07 Å². The summed E-state index contributed by atoms with van der Waals surface area (Å²) in [5.41, 5.74) is 0.624. The van der Waals surface area contributed by atoms with Crippen molar-refractivity contribution in [3.63, 3.8) is 0 Å². The Kier molecular flexibility index (Phi) is 3.95. The molecule has 20 heavy (non-hydrogen) atoms. The predicted molar refractivity (Wildman–Crippen MR) is 71.0 cm³/mol. The van der Waals surface area contributed by atoms with Crippen molar-refractivity contribution >= 4 is 11.6 Å². The van der Waals surface area contributed by atoms with Crippen molar-refractivity contribution in [2.75, 3.05) is 19.8 Å². The molecule has 5 nitrogen and oxygen atoms in total. The number of ether oxygens (including phenoxy) is 1. The van der Waals surface area contributed by atoms with Crippen LogP contribution in [0.2, 0.25) is 5.02 Å². The zero-order valence-corrected chi connectivity index (χ0v) is 11.4. The van der Waals surface area contributed by atoms with Gasteiger partial charge in [0, 0.05) is 24.6 Å². The van der Waals surface area contributed by atoms with Gasteiger partial charge in [-0.15, -0.1) is 0 Å². The van der Waals surface area contributed by atoms with Crippen molar-refractivity contribution < 1.29 is 13.7 Å². The van der Waals surface area contributed by atoms with E-state index in [-0.39, 0.29) is 11.1 Å². The summed E-state index contributed by atoms with van der Waals surface area (Å²) in [5.74, 6) is 0.449. The Labute approximate surface area is 120 Å². The van der Waals surface area contributed by atoms with Crippen LogP contribution in [0.1, 0.15) is 5.89 Å². The molecule has 0 spiro atoms. The van der Waals surface area contributed by atoms with E-state index < -0.39 is 5.82 Å². The molecular weight excluding hydrogens is 285 g/mol. The fourth-order valence-electron chi connectivity index (χ4n) is 2.05. The number of benzene rings is 1. The summed E-state index contributed by atoms with van der Waals surface area (Å²) in [6.45, 7) is 2.17. The molecule has 3 rings (SSSR count). The van der Waals surface area contributed by atoms with E-state index in [4.69, 9.17) is 20.9 Å². The van der Waals surface area contributed by atoms with E-state index in [9.17, 15) is 4.39 Å². The number of nitrogens with one attached hydrogen (secondary N) is 1. The summed E-state index contributed by atoms with van der Waals surface area (Å²) in [7, 11) is 0. The van der Waals surface area contributed by atoms with Gasteiger partial charge in [-0.2, -0.15) is 4.98 Å². The quantitative estimate of drug-likeness (QED) is 0.939. The third-order valence-corrected chi connectivity index (χ3v) is 3.36. The topological polar surface area (TPSA) is 60.2 Å². The monoisotopic (exact) mass is 297 g/mol. The highest BCUT2D eigenvalue weighted by Crippen LogP contribution is 2.23. The fourth-order valence-corrected chi connectivity index (χ4v) is 2.23. The summed E-state index contributed by atoms with van der Waals surface area (Å²) in [6, 6.07) is 4.50. The summed E-state index contributed by atoms with van der Waals surface area (Å²) in [4.78, 5) is 4.29. The molecule has 106 valence electrons. The molecule has 2 heterocycles. The first-order chi connectivity index (χ1) is 9.72. The average molecular weight is 298 g/mol. The average Bonchev–Trinajstić information content (AvgIpc) is 2.91. The third kappa shape index (κ3) is 2.98. The molecular formula is C13H13ClFN3O2. The molecule has 2 aromatic rings. The number of hydrogen-bond acceptors (Lipinski definition) is 5. The highest BCUT2D eigenvalue weighted by Gasteiger charge is 2.18. The lowest BCUT2D eigenvalue weighted by Gasteiger charge is -2.22. The van der Waals surface area contributed by atoms with Gasteiger partial charge in [0.15, 0.2) is 0 Å². The second-order valence-electron chi connectivity index (χ2n) is 4.57. The maximum absolute atomic E-state index is 13.1. The Morgan fingerprint density at radius 1 is 1.45 bits per heavy atom. The first kappa shape index (κ1) is 13.5. The molecule has 0 radical (unpaired) electrons. The van der Waals surface area contributed by atoms with Crippen LogP contribution in [-0.2, 0) is 11.2 Å². The summed E-state index contributed by atoms with van der Waals surface area (Å²) >= 11 is 5.74. The van der Waals surface area contributed by atoms with Crippen molar-refractivity contribution in [3.8, 4) is 11.4 Å². The van der Waals surface area contributed by atoms with Crippen LogP contribution in [-0.4, -0.2) is 35.9 Å². The van der Waals surface area contributed by atoms with Gasteiger partial charge >= 0.3 is 0 Å². The lowest BCUT2D eigenvalue weighted by molar-refractivity contribution is 0.0744. The van der Waals surface area contributed by atoms with Crippen LogP contribution in [0.4, 0.5) is 4.39 Å². The first-order valence-electron chi connectivity index (χ1n) is 6.31. The normalized spacial score (nSPS) is 19.2. The van der Waals surface area contributed by atoms with Gasteiger partial charge in [0.25, 0.3) is 0 Å². The summed E-state index contributed by atoms with van der Waals surface area (Å²) in [6.07, 6.45) is 0.599. The first-order valence-corrected chi connectivity index (χ1v) is 6.69. The zero-order valence-electron chi connectivity index (χ0n) is 10.6. The second kappa shape index (κ2) is 5.87. The highest BCUT2D eigenvalue weighted by molar-refractivity contribution is 6.31. The van der Waals surface area contributed by atoms with Crippen LogP contribution in [0.25, 0.3) is 11.4 Å². The van der Waals surface area contributed by atoms with Crippen LogP contribution >= 0.6 is 11.6 Å². The van der Waals surface area contributed by atoms with Gasteiger partial charge in [0.2, 0.25) is 11.7 Å². The SMILES string of the molecule is Fc1ccc(-c2noc(CC3COCCN3)n2)cc1Cl. The van der Waals surface area contributed by atoms with Crippen LogP contribution in [0, 0.1) is 5.82 Å². The van der Waals surface area contributed by atoms with Gasteiger partial charge in [0.1, 0.15) is 5.82 Å². The molecule has 1 aromatic heterocycles. The Balaban J connectivity index is 1.73. The van der Waals surface area contributed by atoms with Crippen LogP contribution in [0.3, 0.4) is 0 Å². The lowest BCUT2D eigenvalue weighted by Crippen LogP contribution is -2.42. The number of hydrogen-bond donors (Lipinski definition) is 1. The highest BCUT2D eigenvalue weighted by atomic mass is 35.5. The minimum Gasteiger partial charge on any atom is -0.378 e.